The van der Waals surface area contributed by atoms with E-state index in [1.165, 1.54) is 6.39 Å². The van der Waals surface area contributed by atoms with Crippen molar-refractivity contribution in [3.8, 4) is 11.5 Å². The fraction of sp³-hybridized carbons (Fsp3) is 0.167. The van der Waals surface area contributed by atoms with Crippen LogP contribution in [-0.4, -0.2) is 26.9 Å². The van der Waals surface area contributed by atoms with Gasteiger partial charge >= 0.3 is 0 Å². The van der Waals surface area contributed by atoms with Crippen molar-refractivity contribution in [2.45, 2.75) is 26.1 Å². The second kappa shape index (κ2) is 11.0. The summed E-state index contributed by atoms with van der Waals surface area (Å²) < 4.78 is 5.39. The van der Waals surface area contributed by atoms with Gasteiger partial charge in [-0.3, -0.25) is 4.79 Å². The molecule has 0 fully saturated rings. The molecule has 10 heteroatoms. The van der Waals surface area contributed by atoms with Crippen LogP contribution in [-0.2, 0) is 17.9 Å². The number of amides is 1. The maximum Gasteiger partial charge on any atom is 0.242 e. The van der Waals surface area contributed by atoms with Crippen molar-refractivity contribution >= 4 is 40.9 Å². The van der Waals surface area contributed by atoms with Crippen molar-refractivity contribution in [2.75, 3.05) is 10.6 Å². The summed E-state index contributed by atoms with van der Waals surface area (Å²) in [5.74, 6) is 1.13. The number of benzene rings is 2. The SMILES string of the molecule is C[C@@H](Nc1cc(-c2cnco2)nc(NCc2cccc(Cl)c2)n1)C(=O)NCc1ccc(Cl)cc1. The Bertz CT molecular complexity index is 1250. The van der Waals surface area contributed by atoms with E-state index in [9.17, 15) is 4.79 Å². The predicted molar refractivity (Wildman–Crippen MR) is 133 cm³/mol. The summed E-state index contributed by atoms with van der Waals surface area (Å²) in [6.07, 6.45) is 2.89. The first kappa shape index (κ1) is 23.5. The molecule has 3 N–H and O–H groups in total. The normalized spacial score (nSPS) is 11.6. The zero-order valence-corrected chi connectivity index (χ0v) is 19.8. The van der Waals surface area contributed by atoms with Crippen LogP contribution in [0.1, 0.15) is 18.1 Å². The van der Waals surface area contributed by atoms with Crippen LogP contribution in [0.3, 0.4) is 0 Å². The summed E-state index contributed by atoms with van der Waals surface area (Å²) in [6, 6.07) is 16.0. The lowest BCUT2D eigenvalue weighted by Crippen LogP contribution is -2.37. The van der Waals surface area contributed by atoms with E-state index < -0.39 is 6.04 Å². The first-order chi connectivity index (χ1) is 16.5. The van der Waals surface area contributed by atoms with Gasteiger partial charge in [0.2, 0.25) is 11.9 Å². The first-order valence-corrected chi connectivity index (χ1v) is 11.3. The average Bonchev–Trinajstić information content (AvgIpc) is 3.37. The maximum absolute atomic E-state index is 12.6. The highest BCUT2D eigenvalue weighted by Crippen LogP contribution is 2.22. The molecule has 0 aliphatic carbocycles. The Hall–Kier alpha value is -3.62. The van der Waals surface area contributed by atoms with Crippen LogP contribution < -0.4 is 16.0 Å². The first-order valence-electron chi connectivity index (χ1n) is 10.5. The highest BCUT2D eigenvalue weighted by molar-refractivity contribution is 6.30. The number of carbonyl (C=O) groups is 1. The fourth-order valence-electron chi connectivity index (χ4n) is 3.13. The van der Waals surface area contributed by atoms with Crippen molar-refractivity contribution in [2.24, 2.45) is 0 Å². The van der Waals surface area contributed by atoms with Crippen molar-refractivity contribution in [1.82, 2.24) is 20.3 Å². The molecule has 0 aliphatic rings. The fourth-order valence-corrected chi connectivity index (χ4v) is 3.47. The minimum Gasteiger partial charge on any atom is -0.442 e. The summed E-state index contributed by atoms with van der Waals surface area (Å²) in [4.78, 5) is 25.6. The molecule has 4 rings (SSSR count). The molecule has 8 nitrogen and oxygen atoms in total. The quantitative estimate of drug-likeness (QED) is 0.293. The minimum atomic E-state index is -0.550. The molecule has 2 aromatic heterocycles. The number of anilines is 2. The van der Waals surface area contributed by atoms with E-state index in [-0.39, 0.29) is 5.91 Å². The molecule has 0 unspecified atom stereocenters. The number of oxazole rings is 1. The summed E-state index contributed by atoms with van der Waals surface area (Å²) in [6.45, 7) is 2.62. The Morgan fingerprint density at radius 2 is 1.82 bits per heavy atom. The lowest BCUT2D eigenvalue weighted by Gasteiger charge is -2.16. The van der Waals surface area contributed by atoms with Gasteiger partial charge in [0.25, 0.3) is 0 Å². The Balaban J connectivity index is 1.45. The third-order valence-corrected chi connectivity index (χ3v) is 5.38. The molecule has 0 bridgehead atoms. The van der Waals surface area contributed by atoms with Crippen LogP contribution in [0.4, 0.5) is 11.8 Å². The number of nitrogens with one attached hydrogen (secondary N) is 3. The number of rotatable bonds is 9. The predicted octanol–water partition coefficient (Wildman–Crippen LogP) is 5.17. The largest absolute Gasteiger partial charge is 0.442 e. The van der Waals surface area contributed by atoms with Crippen LogP contribution in [0.5, 0.6) is 0 Å². The van der Waals surface area contributed by atoms with Gasteiger partial charge in [0.15, 0.2) is 12.2 Å². The third kappa shape index (κ3) is 6.46. The van der Waals surface area contributed by atoms with E-state index in [2.05, 4.69) is 30.9 Å². The van der Waals surface area contributed by atoms with Gasteiger partial charge in [-0.1, -0.05) is 47.5 Å². The van der Waals surface area contributed by atoms with Gasteiger partial charge in [-0.15, -0.1) is 0 Å². The second-order valence-corrected chi connectivity index (χ2v) is 8.39. The monoisotopic (exact) mass is 496 g/mol. The molecular formula is C24H22Cl2N6O2. The van der Waals surface area contributed by atoms with E-state index in [1.807, 2.05) is 36.4 Å². The molecular weight excluding hydrogens is 475 g/mol. The van der Waals surface area contributed by atoms with Crippen LogP contribution in [0.25, 0.3) is 11.5 Å². The molecule has 174 valence electrons. The Kier molecular flexibility index (Phi) is 7.61. The van der Waals surface area contributed by atoms with Crippen molar-refractivity contribution in [3.05, 3.63) is 88.4 Å². The van der Waals surface area contributed by atoms with Crippen molar-refractivity contribution in [1.29, 1.82) is 0 Å². The molecule has 1 amide bonds. The molecule has 0 radical (unpaired) electrons. The lowest BCUT2D eigenvalue weighted by atomic mass is 10.2. The lowest BCUT2D eigenvalue weighted by molar-refractivity contribution is -0.121. The molecule has 2 heterocycles. The molecule has 2 aromatic carbocycles. The van der Waals surface area contributed by atoms with Crippen LogP contribution >= 0.6 is 23.2 Å². The molecule has 34 heavy (non-hydrogen) atoms. The minimum absolute atomic E-state index is 0.178. The molecule has 4 aromatic rings. The highest BCUT2D eigenvalue weighted by Gasteiger charge is 2.16. The van der Waals surface area contributed by atoms with E-state index in [4.69, 9.17) is 27.6 Å². The molecule has 0 aliphatic heterocycles. The summed E-state index contributed by atoms with van der Waals surface area (Å²) in [5.41, 5.74) is 2.45. The van der Waals surface area contributed by atoms with Gasteiger partial charge < -0.3 is 20.4 Å². The third-order valence-electron chi connectivity index (χ3n) is 4.89. The standard InChI is InChI=1S/C24H22Cl2N6O2/c1-15(23(33)28-11-16-5-7-18(25)8-6-16)30-22-10-20(21-13-27-14-34-21)31-24(32-22)29-12-17-3-2-4-19(26)9-17/h2-10,13-15H,11-12H2,1H3,(H,28,33)(H2,29,30,31,32)/t15-/m1/s1. The van der Waals surface area contributed by atoms with Crippen molar-refractivity contribution < 1.29 is 9.21 Å². The summed E-state index contributed by atoms with van der Waals surface area (Å²) in [5, 5.41) is 10.5. The number of aromatic nitrogens is 3. The van der Waals surface area contributed by atoms with Crippen LogP contribution in [0, 0.1) is 0 Å². The molecule has 1 atom stereocenters. The van der Waals surface area contributed by atoms with E-state index >= 15 is 0 Å². The Morgan fingerprint density at radius 1 is 1.00 bits per heavy atom. The summed E-state index contributed by atoms with van der Waals surface area (Å²) >= 11 is 12.0. The molecule has 0 saturated heterocycles. The van der Waals surface area contributed by atoms with Gasteiger partial charge in [-0.25, -0.2) is 9.97 Å². The van der Waals surface area contributed by atoms with Gasteiger partial charge in [-0.05, 0) is 42.3 Å². The van der Waals surface area contributed by atoms with Crippen molar-refractivity contribution in [3.63, 3.8) is 0 Å². The van der Waals surface area contributed by atoms with E-state index in [1.54, 1.807) is 31.3 Å². The second-order valence-electron chi connectivity index (χ2n) is 7.52. The number of carbonyl (C=O) groups excluding carboxylic acids is 1. The van der Waals surface area contributed by atoms with Gasteiger partial charge in [0.1, 0.15) is 17.6 Å². The molecule has 0 spiro atoms. The zero-order chi connectivity index (χ0) is 23.9. The van der Waals surface area contributed by atoms with Crippen LogP contribution in [0.2, 0.25) is 10.0 Å². The highest BCUT2D eigenvalue weighted by atomic mass is 35.5. The topological polar surface area (TPSA) is 105 Å². The number of hydrogen-bond acceptors (Lipinski definition) is 7. The van der Waals surface area contributed by atoms with Gasteiger partial charge in [-0.2, -0.15) is 4.98 Å². The maximum atomic E-state index is 12.6. The van der Waals surface area contributed by atoms with E-state index in [0.29, 0.717) is 46.4 Å². The summed E-state index contributed by atoms with van der Waals surface area (Å²) in [7, 11) is 0. The number of nitrogens with zero attached hydrogens (tertiary/aromatic N) is 3. The Labute approximate surface area is 206 Å². The Morgan fingerprint density at radius 3 is 2.56 bits per heavy atom. The average molecular weight is 497 g/mol. The smallest absolute Gasteiger partial charge is 0.242 e. The molecule has 0 saturated carbocycles. The number of hydrogen-bond donors (Lipinski definition) is 3. The van der Waals surface area contributed by atoms with E-state index in [0.717, 1.165) is 11.1 Å². The number of halogens is 2. The van der Waals surface area contributed by atoms with Gasteiger partial charge in [0.05, 0.1) is 6.20 Å². The van der Waals surface area contributed by atoms with Gasteiger partial charge in [0, 0.05) is 29.2 Å². The van der Waals surface area contributed by atoms with Crippen LogP contribution in [0.15, 0.2) is 71.6 Å². The zero-order valence-electron chi connectivity index (χ0n) is 18.3.